The van der Waals surface area contributed by atoms with Crippen LogP contribution in [0, 0.1) is 0 Å². The van der Waals surface area contributed by atoms with Crippen LogP contribution in [0.15, 0.2) is 24.3 Å². The number of hydrogen-bond acceptors (Lipinski definition) is 3. The molecule has 1 aliphatic heterocycles. The van der Waals surface area contributed by atoms with E-state index in [9.17, 15) is 4.79 Å². The molecule has 3 rings (SSSR count). The van der Waals surface area contributed by atoms with Crippen LogP contribution < -0.4 is 10.1 Å². The number of carbonyl (C=O) groups excluding carboxylic acids is 1. The number of carbonyl (C=O) groups is 1. The van der Waals surface area contributed by atoms with Gasteiger partial charge in [0.05, 0.1) is 12.5 Å². The summed E-state index contributed by atoms with van der Waals surface area (Å²) in [5.41, 5.74) is 1.04. The molecule has 1 aromatic carbocycles. The van der Waals surface area contributed by atoms with Crippen molar-refractivity contribution in [2.45, 2.75) is 49.8 Å². The summed E-state index contributed by atoms with van der Waals surface area (Å²) in [5.74, 6) is 2.12. The van der Waals surface area contributed by atoms with Gasteiger partial charge in [-0.3, -0.25) is 4.79 Å². The van der Waals surface area contributed by atoms with Crippen LogP contribution in [0.25, 0.3) is 0 Å². The van der Waals surface area contributed by atoms with E-state index in [0.29, 0.717) is 17.9 Å². The predicted octanol–water partition coefficient (Wildman–Crippen LogP) is 3.34. The summed E-state index contributed by atoms with van der Waals surface area (Å²) >= 11 is 1.98. The standard InChI is InChI=1S/C17H23NO2S/c1-2-21-16-9-5-7-14(16)18-17(19)13-10-11-20-15-8-4-3-6-12(13)15/h3-4,6,8,13-14,16H,2,5,7,9-11H2,1H3,(H,18,19)/t13-,14-,16+/m0/s1. The number of hydrogen-bond donors (Lipinski definition) is 1. The van der Waals surface area contributed by atoms with Gasteiger partial charge in [-0.2, -0.15) is 11.8 Å². The van der Waals surface area contributed by atoms with Crippen molar-refractivity contribution in [2.75, 3.05) is 12.4 Å². The lowest BCUT2D eigenvalue weighted by atomic mass is 9.92. The van der Waals surface area contributed by atoms with Gasteiger partial charge in [-0.1, -0.05) is 31.5 Å². The predicted molar refractivity (Wildman–Crippen MR) is 87.0 cm³/mol. The molecule has 1 aromatic rings. The molecule has 1 saturated carbocycles. The lowest BCUT2D eigenvalue weighted by molar-refractivity contribution is -0.123. The molecule has 0 saturated heterocycles. The number of ether oxygens (including phenoxy) is 1. The molecule has 3 nitrogen and oxygen atoms in total. The molecule has 4 heteroatoms. The Kier molecular flexibility index (Phi) is 4.73. The number of nitrogens with one attached hydrogen (secondary N) is 1. The first-order chi connectivity index (χ1) is 10.3. The molecule has 2 aliphatic rings. The van der Waals surface area contributed by atoms with Crippen molar-refractivity contribution in [1.82, 2.24) is 5.32 Å². The van der Waals surface area contributed by atoms with Crippen molar-refractivity contribution in [3.8, 4) is 5.75 Å². The van der Waals surface area contributed by atoms with Crippen LogP contribution >= 0.6 is 11.8 Å². The van der Waals surface area contributed by atoms with Crippen LogP contribution in [0.3, 0.4) is 0 Å². The Bertz CT molecular complexity index is 505. The first-order valence-corrected chi connectivity index (χ1v) is 8.98. The molecule has 0 aromatic heterocycles. The molecule has 1 fully saturated rings. The van der Waals surface area contributed by atoms with E-state index in [1.165, 1.54) is 12.8 Å². The van der Waals surface area contributed by atoms with Crippen LogP contribution in [0.5, 0.6) is 5.75 Å². The summed E-state index contributed by atoms with van der Waals surface area (Å²) in [5, 5.41) is 3.90. The maximum Gasteiger partial charge on any atom is 0.228 e. The highest BCUT2D eigenvalue weighted by Crippen LogP contribution is 2.35. The summed E-state index contributed by atoms with van der Waals surface area (Å²) in [4.78, 5) is 12.7. The van der Waals surface area contributed by atoms with Gasteiger partial charge in [-0.25, -0.2) is 0 Å². The van der Waals surface area contributed by atoms with E-state index < -0.39 is 0 Å². The Morgan fingerprint density at radius 2 is 2.19 bits per heavy atom. The van der Waals surface area contributed by atoms with E-state index in [0.717, 1.165) is 29.9 Å². The zero-order valence-electron chi connectivity index (χ0n) is 12.5. The minimum Gasteiger partial charge on any atom is -0.493 e. The third-order valence-corrected chi connectivity index (χ3v) is 5.76. The number of amides is 1. The van der Waals surface area contributed by atoms with Gasteiger partial charge in [-0.05, 0) is 31.1 Å². The van der Waals surface area contributed by atoms with Gasteiger partial charge in [0.15, 0.2) is 0 Å². The van der Waals surface area contributed by atoms with Crippen LogP contribution in [-0.2, 0) is 4.79 Å². The van der Waals surface area contributed by atoms with Crippen LogP contribution in [-0.4, -0.2) is 29.6 Å². The second kappa shape index (κ2) is 6.73. The summed E-state index contributed by atoms with van der Waals surface area (Å²) in [6.45, 7) is 2.82. The number of rotatable bonds is 4. The average Bonchev–Trinajstić information content (AvgIpc) is 2.94. The van der Waals surface area contributed by atoms with E-state index in [1.54, 1.807) is 0 Å². The van der Waals surface area contributed by atoms with Gasteiger partial charge in [0, 0.05) is 16.9 Å². The largest absolute Gasteiger partial charge is 0.493 e. The normalized spacial score (nSPS) is 27.8. The molecule has 0 unspecified atom stereocenters. The highest BCUT2D eigenvalue weighted by molar-refractivity contribution is 7.99. The maximum atomic E-state index is 12.7. The maximum absolute atomic E-state index is 12.7. The van der Waals surface area contributed by atoms with E-state index in [2.05, 4.69) is 12.2 Å². The summed E-state index contributed by atoms with van der Waals surface area (Å²) in [6.07, 6.45) is 4.36. The molecule has 1 aliphatic carbocycles. The first kappa shape index (κ1) is 14.8. The van der Waals surface area contributed by atoms with Gasteiger partial charge in [-0.15, -0.1) is 0 Å². The molecule has 0 spiro atoms. The summed E-state index contributed by atoms with van der Waals surface area (Å²) in [6, 6.07) is 8.27. The third kappa shape index (κ3) is 3.20. The van der Waals surface area contributed by atoms with Gasteiger partial charge < -0.3 is 10.1 Å². The SMILES string of the molecule is CCS[C@@H]1CCC[C@@H]1NC(=O)[C@H]1CCOc2ccccc21. The number of benzene rings is 1. The van der Waals surface area contributed by atoms with Crippen LogP contribution in [0.1, 0.15) is 44.1 Å². The van der Waals surface area contributed by atoms with E-state index in [1.807, 2.05) is 36.0 Å². The molecule has 0 bridgehead atoms. The third-order valence-electron chi connectivity index (χ3n) is 4.44. The molecule has 21 heavy (non-hydrogen) atoms. The minimum absolute atomic E-state index is 0.0529. The fourth-order valence-corrected chi connectivity index (χ4v) is 4.60. The van der Waals surface area contributed by atoms with Crippen LogP contribution in [0.2, 0.25) is 0 Å². The fraction of sp³-hybridized carbons (Fsp3) is 0.588. The van der Waals surface area contributed by atoms with Crippen molar-refractivity contribution in [3.63, 3.8) is 0 Å². The summed E-state index contributed by atoms with van der Waals surface area (Å²) in [7, 11) is 0. The van der Waals surface area contributed by atoms with Crippen molar-refractivity contribution in [3.05, 3.63) is 29.8 Å². The highest BCUT2D eigenvalue weighted by Gasteiger charge is 2.33. The first-order valence-electron chi connectivity index (χ1n) is 7.93. The van der Waals surface area contributed by atoms with Crippen LogP contribution in [0.4, 0.5) is 0 Å². The summed E-state index contributed by atoms with van der Waals surface area (Å²) < 4.78 is 5.65. The number of thioether (sulfide) groups is 1. The molecular weight excluding hydrogens is 282 g/mol. The Morgan fingerprint density at radius 1 is 1.33 bits per heavy atom. The molecule has 114 valence electrons. The van der Waals surface area contributed by atoms with Gasteiger partial charge in [0.25, 0.3) is 0 Å². The highest BCUT2D eigenvalue weighted by atomic mass is 32.2. The van der Waals surface area contributed by atoms with E-state index >= 15 is 0 Å². The topological polar surface area (TPSA) is 38.3 Å². The van der Waals surface area contributed by atoms with Gasteiger partial charge in [0.2, 0.25) is 5.91 Å². The second-order valence-electron chi connectivity index (χ2n) is 5.77. The quantitative estimate of drug-likeness (QED) is 0.927. The molecule has 0 radical (unpaired) electrons. The van der Waals surface area contributed by atoms with Crippen molar-refractivity contribution in [2.24, 2.45) is 0 Å². The molecule has 3 atom stereocenters. The zero-order valence-corrected chi connectivity index (χ0v) is 13.3. The molecule has 1 amide bonds. The Balaban J connectivity index is 1.69. The van der Waals surface area contributed by atoms with Gasteiger partial charge >= 0.3 is 0 Å². The Labute approximate surface area is 130 Å². The van der Waals surface area contributed by atoms with Crippen molar-refractivity contribution < 1.29 is 9.53 Å². The average molecular weight is 305 g/mol. The van der Waals surface area contributed by atoms with Gasteiger partial charge in [0.1, 0.15) is 5.75 Å². The lowest BCUT2D eigenvalue weighted by Gasteiger charge is -2.28. The molecule has 1 heterocycles. The monoisotopic (exact) mass is 305 g/mol. The number of fused-ring (bicyclic) bond motifs is 1. The van der Waals surface area contributed by atoms with Crippen molar-refractivity contribution >= 4 is 17.7 Å². The molecule has 1 N–H and O–H groups in total. The lowest BCUT2D eigenvalue weighted by Crippen LogP contribution is -2.42. The zero-order chi connectivity index (χ0) is 14.7. The number of para-hydroxylation sites is 1. The van der Waals surface area contributed by atoms with Crippen molar-refractivity contribution in [1.29, 1.82) is 0 Å². The molecular formula is C17H23NO2S. The smallest absolute Gasteiger partial charge is 0.228 e. The second-order valence-corrected chi connectivity index (χ2v) is 7.28. The Hall–Kier alpha value is -1.16. The Morgan fingerprint density at radius 3 is 3.05 bits per heavy atom. The van der Waals surface area contributed by atoms with E-state index in [-0.39, 0.29) is 11.8 Å². The van der Waals surface area contributed by atoms with E-state index in [4.69, 9.17) is 4.74 Å². The fourth-order valence-electron chi connectivity index (χ4n) is 3.40. The minimum atomic E-state index is -0.0529.